The second kappa shape index (κ2) is 7.65. The molecule has 0 fully saturated rings. The van der Waals surface area contributed by atoms with Gasteiger partial charge in [-0.2, -0.15) is 0 Å². The molecule has 1 N–H and O–H groups in total. The maximum absolute atomic E-state index is 5.96. The van der Waals surface area contributed by atoms with Gasteiger partial charge in [-0.25, -0.2) is 0 Å². The summed E-state index contributed by atoms with van der Waals surface area (Å²) in [5, 5.41) is 3.50. The predicted octanol–water partition coefficient (Wildman–Crippen LogP) is 3.72. The third kappa shape index (κ3) is 4.07. The van der Waals surface area contributed by atoms with Crippen LogP contribution in [0.25, 0.3) is 0 Å². The summed E-state index contributed by atoms with van der Waals surface area (Å²) in [6, 6.07) is 12.5. The molecule has 1 aromatic carbocycles. The van der Waals surface area contributed by atoms with Crippen LogP contribution in [0.3, 0.4) is 0 Å². The second-order valence-corrected chi connectivity index (χ2v) is 4.86. The highest BCUT2D eigenvalue weighted by atomic mass is 16.5. The molecule has 1 heterocycles. The van der Waals surface area contributed by atoms with Gasteiger partial charge in [-0.1, -0.05) is 25.1 Å². The minimum Gasteiger partial charge on any atom is -0.489 e. The Hall–Kier alpha value is -1.87. The van der Waals surface area contributed by atoms with Crippen molar-refractivity contribution in [3.8, 4) is 5.75 Å². The average molecular weight is 270 g/mol. The van der Waals surface area contributed by atoms with E-state index in [0.717, 1.165) is 24.3 Å². The fraction of sp³-hybridized carbons (Fsp3) is 0.353. The lowest BCUT2D eigenvalue weighted by molar-refractivity contribution is 0.299. The molecule has 0 saturated heterocycles. The molecule has 1 unspecified atom stereocenters. The molecule has 0 spiro atoms. The quantitative estimate of drug-likeness (QED) is 0.832. The van der Waals surface area contributed by atoms with E-state index in [-0.39, 0.29) is 0 Å². The summed E-state index contributed by atoms with van der Waals surface area (Å²) in [7, 11) is 0. The fourth-order valence-corrected chi connectivity index (χ4v) is 2.08. The molecule has 0 bridgehead atoms. The van der Waals surface area contributed by atoms with Crippen LogP contribution in [0.5, 0.6) is 5.75 Å². The molecule has 1 aromatic heterocycles. The van der Waals surface area contributed by atoms with Crippen LogP contribution in [0.2, 0.25) is 0 Å². The molecule has 20 heavy (non-hydrogen) atoms. The summed E-state index contributed by atoms with van der Waals surface area (Å²) >= 11 is 0. The highest BCUT2D eigenvalue weighted by Crippen LogP contribution is 2.25. The van der Waals surface area contributed by atoms with Gasteiger partial charge >= 0.3 is 0 Å². The number of nitrogens with one attached hydrogen (secondary N) is 1. The topological polar surface area (TPSA) is 34.1 Å². The largest absolute Gasteiger partial charge is 0.489 e. The first-order chi connectivity index (χ1) is 9.81. The van der Waals surface area contributed by atoms with E-state index in [0.29, 0.717) is 12.6 Å². The number of hydrogen-bond donors (Lipinski definition) is 1. The minimum absolute atomic E-state index is 0.295. The van der Waals surface area contributed by atoms with Gasteiger partial charge < -0.3 is 10.1 Å². The Balaban J connectivity index is 2.04. The van der Waals surface area contributed by atoms with E-state index in [9.17, 15) is 0 Å². The van der Waals surface area contributed by atoms with Crippen LogP contribution in [-0.4, -0.2) is 11.5 Å². The van der Waals surface area contributed by atoms with Crippen LogP contribution in [0.15, 0.2) is 48.8 Å². The highest BCUT2D eigenvalue weighted by molar-refractivity contribution is 5.35. The zero-order valence-electron chi connectivity index (χ0n) is 12.2. The van der Waals surface area contributed by atoms with Gasteiger partial charge in [0.1, 0.15) is 12.4 Å². The fourth-order valence-electron chi connectivity index (χ4n) is 2.08. The lowest BCUT2D eigenvalue weighted by Crippen LogP contribution is -2.19. The highest BCUT2D eigenvalue weighted by Gasteiger charge is 2.10. The van der Waals surface area contributed by atoms with Crippen molar-refractivity contribution in [2.45, 2.75) is 32.9 Å². The van der Waals surface area contributed by atoms with Crippen molar-refractivity contribution in [3.05, 3.63) is 59.9 Å². The Bertz CT molecular complexity index is 513. The summed E-state index contributed by atoms with van der Waals surface area (Å²) in [5.41, 5.74) is 2.33. The first-order valence-electron chi connectivity index (χ1n) is 7.15. The summed E-state index contributed by atoms with van der Waals surface area (Å²) in [4.78, 5) is 4.01. The van der Waals surface area contributed by atoms with Crippen LogP contribution in [0.1, 0.15) is 37.4 Å². The molecule has 0 aliphatic carbocycles. The Morgan fingerprint density at radius 1 is 1.15 bits per heavy atom. The van der Waals surface area contributed by atoms with Gasteiger partial charge in [0.25, 0.3) is 0 Å². The summed E-state index contributed by atoms with van der Waals surface area (Å²) in [5.74, 6) is 0.945. The van der Waals surface area contributed by atoms with Gasteiger partial charge in [-0.3, -0.25) is 4.98 Å². The molecule has 0 amide bonds. The van der Waals surface area contributed by atoms with Crippen molar-refractivity contribution >= 4 is 0 Å². The van der Waals surface area contributed by atoms with Crippen molar-refractivity contribution in [1.82, 2.24) is 10.3 Å². The standard InChI is InChI=1S/C17H22N2O/c1-3-10-19-14(2)16-6-4-5-7-17(16)20-13-15-8-11-18-12-9-15/h4-9,11-12,14,19H,3,10,13H2,1-2H3. The molecule has 0 aliphatic heterocycles. The summed E-state index contributed by atoms with van der Waals surface area (Å²) in [6.45, 7) is 5.93. The lowest BCUT2D eigenvalue weighted by atomic mass is 10.1. The first-order valence-corrected chi connectivity index (χ1v) is 7.15. The van der Waals surface area contributed by atoms with Crippen molar-refractivity contribution in [3.63, 3.8) is 0 Å². The SMILES string of the molecule is CCCNC(C)c1ccccc1OCc1ccncc1. The number of pyridine rings is 1. The Kier molecular flexibility index (Phi) is 5.56. The summed E-state index contributed by atoms with van der Waals surface area (Å²) in [6.07, 6.45) is 4.70. The predicted molar refractivity (Wildman–Crippen MR) is 81.7 cm³/mol. The Morgan fingerprint density at radius 3 is 2.65 bits per heavy atom. The van der Waals surface area contributed by atoms with Gasteiger partial charge in [-0.15, -0.1) is 0 Å². The van der Waals surface area contributed by atoms with Gasteiger partial charge in [0, 0.05) is 24.0 Å². The molecular weight excluding hydrogens is 248 g/mol. The number of nitrogens with zero attached hydrogens (tertiary/aromatic N) is 1. The average Bonchev–Trinajstić information content (AvgIpc) is 2.52. The van der Waals surface area contributed by atoms with Gasteiger partial charge in [0.05, 0.1) is 0 Å². The number of para-hydroxylation sites is 1. The van der Waals surface area contributed by atoms with E-state index in [1.54, 1.807) is 12.4 Å². The maximum atomic E-state index is 5.96. The van der Waals surface area contributed by atoms with Crippen molar-refractivity contribution < 1.29 is 4.74 Å². The second-order valence-electron chi connectivity index (χ2n) is 4.86. The van der Waals surface area contributed by atoms with Gasteiger partial charge in [0.2, 0.25) is 0 Å². The normalized spacial score (nSPS) is 12.1. The zero-order valence-corrected chi connectivity index (χ0v) is 12.2. The van der Waals surface area contributed by atoms with Crippen LogP contribution in [0.4, 0.5) is 0 Å². The maximum Gasteiger partial charge on any atom is 0.124 e. The minimum atomic E-state index is 0.295. The zero-order chi connectivity index (χ0) is 14.2. The van der Waals surface area contributed by atoms with Crippen LogP contribution >= 0.6 is 0 Å². The van der Waals surface area contributed by atoms with Gasteiger partial charge in [0.15, 0.2) is 0 Å². The molecule has 3 nitrogen and oxygen atoms in total. The van der Waals surface area contributed by atoms with Crippen LogP contribution in [0, 0.1) is 0 Å². The Morgan fingerprint density at radius 2 is 1.90 bits per heavy atom. The van der Waals surface area contributed by atoms with E-state index in [1.807, 2.05) is 24.3 Å². The van der Waals surface area contributed by atoms with Crippen LogP contribution < -0.4 is 10.1 Å². The van der Waals surface area contributed by atoms with E-state index in [2.05, 4.69) is 36.3 Å². The number of rotatable bonds is 7. The number of ether oxygens (including phenoxy) is 1. The number of aromatic nitrogens is 1. The van der Waals surface area contributed by atoms with E-state index in [1.165, 1.54) is 5.56 Å². The third-order valence-electron chi connectivity index (χ3n) is 3.23. The van der Waals surface area contributed by atoms with E-state index >= 15 is 0 Å². The molecule has 0 saturated carbocycles. The van der Waals surface area contributed by atoms with Crippen molar-refractivity contribution in [1.29, 1.82) is 0 Å². The molecule has 0 radical (unpaired) electrons. The lowest BCUT2D eigenvalue weighted by Gasteiger charge is -2.18. The summed E-state index contributed by atoms with van der Waals surface area (Å²) < 4.78 is 5.96. The molecule has 0 aliphatic rings. The molecule has 3 heteroatoms. The van der Waals surface area contributed by atoms with E-state index in [4.69, 9.17) is 4.74 Å². The smallest absolute Gasteiger partial charge is 0.124 e. The van der Waals surface area contributed by atoms with Crippen molar-refractivity contribution in [2.24, 2.45) is 0 Å². The first kappa shape index (κ1) is 14.5. The number of benzene rings is 1. The number of hydrogen-bond acceptors (Lipinski definition) is 3. The molecule has 2 aromatic rings. The molecule has 1 atom stereocenters. The molecule has 2 rings (SSSR count). The Labute approximate surface area is 121 Å². The van der Waals surface area contributed by atoms with Gasteiger partial charge in [-0.05, 0) is 43.7 Å². The van der Waals surface area contributed by atoms with Crippen molar-refractivity contribution in [2.75, 3.05) is 6.54 Å². The monoisotopic (exact) mass is 270 g/mol. The molecular formula is C17H22N2O. The van der Waals surface area contributed by atoms with E-state index < -0.39 is 0 Å². The van der Waals surface area contributed by atoms with Crippen LogP contribution in [-0.2, 0) is 6.61 Å². The third-order valence-corrected chi connectivity index (χ3v) is 3.23. The molecule has 106 valence electrons.